The molecule has 0 aliphatic carbocycles. The number of hydrogen-bond donors (Lipinski definition) is 0. The highest BCUT2D eigenvalue weighted by molar-refractivity contribution is 7.90. The fraction of sp³-hybridized carbons (Fsp3) is 0.440. The third-order valence-electron chi connectivity index (χ3n) is 6.85. The Morgan fingerprint density at radius 1 is 1.09 bits per heavy atom. The second-order valence-electron chi connectivity index (χ2n) is 9.41. The number of aryl methyl sites for hydroxylation is 2. The number of amides is 1. The highest BCUT2D eigenvalue weighted by Gasteiger charge is 2.26. The average Bonchev–Trinajstić information content (AvgIpc) is 3.27. The normalized spacial score (nSPS) is 15.6. The van der Waals surface area contributed by atoms with Crippen molar-refractivity contribution in [1.82, 2.24) is 18.3 Å². The first-order valence-electron chi connectivity index (χ1n) is 11.6. The molecule has 1 aromatic carbocycles. The van der Waals surface area contributed by atoms with Gasteiger partial charge < -0.3 is 14.4 Å². The molecule has 3 aromatic rings. The number of pyridine rings is 1. The lowest BCUT2D eigenvalue weighted by atomic mass is 9.93. The third-order valence-corrected chi connectivity index (χ3v) is 8.54. The molecule has 34 heavy (non-hydrogen) atoms. The van der Waals surface area contributed by atoms with Crippen molar-refractivity contribution in [2.24, 2.45) is 13.0 Å². The quantitative estimate of drug-likeness (QED) is 0.537. The van der Waals surface area contributed by atoms with Crippen LogP contribution in [0.1, 0.15) is 35.2 Å². The van der Waals surface area contributed by atoms with Crippen molar-refractivity contribution in [3.63, 3.8) is 0 Å². The van der Waals surface area contributed by atoms with Crippen molar-refractivity contribution in [3.05, 3.63) is 64.2 Å². The van der Waals surface area contributed by atoms with Crippen LogP contribution in [0.5, 0.6) is 0 Å². The summed E-state index contributed by atoms with van der Waals surface area (Å²) in [7, 11) is 1.42. The first-order valence-corrected chi connectivity index (χ1v) is 13.0. The fourth-order valence-electron chi connectivity index (χ4n) is 4.56. The summed E-state index contributed by atoms with van der Waals surface area (Å²) in [4.78, 5) is 30.4. The van der Waals surface area contributed by atoms with E-state index in [0.29, 0.717) is 23.4 Å². The van der Waals surface area contributed by atoms with E-state index in [4.69, 9.17) is 0 Å². The van der Waals surface area contributed by atoms with Crippen LogP contribution < -0.4 is 5.56 Å². The summed E-state index contributed by atoms with van der Waals surface area (Å²) in [5, 5.41) is 0.343. The van der Waals surface area contributed by atoms with Gasteiger partial charge in [-0.2, -0.15) is 0 Å². The predicted molar refractivity (Wildman–Crippen MR) is 133 cm³/mol. The summed E-state index contributed by atoms with van der Waals surface area (Å²) in [6, 6.07) is 8.01. The number of benzene rings is 1. The summed E-state index contributed by atoms with van der Waals surface area (Å²) in [6.07, 6.45) is 6.04. The van der Waals surface area contributed by atoms with Crippen LogP contribution in [0.15, 0.2) is 52.4 Å². The van der Waals surface area contributed by atoms with Crippen LogP contribution in [0, 0.1) is 12.8 Å². The maximum atomic E-state index is 13.4. The van der Waals surface area contributed by atoms with Gasteiger partial charge in [-0.05, 0) is 70.4 Å². The van der Waals surface area contributed by atoms with Crippen LogP contribution in [-0.2, 0) is 17.1 Å². The number of aromatic nitrogens is 2. The predicted octanol–water partition coefficient (Wildman–Crippen LogP) is 2.69. The van der Waals surface area contributed by atoms with Crippen molar-refractivity contribution >= 4 is 26.8 Å². The number of likely N-dealkylation sites (tertiary alicyclic amines) is 1. The van der Waals surface area contributed by atoms with Crippen molar-refractivity contribution in [2.75, 3.05) is 33.7 Å². The minimum Gasteiger partial charge on any atom is -0.342 e. The molecule has 2 aromatic heterocycles. The molecule has 1 saturated heterocycles. The van der Waals surface area contributed by atoms with Crippen LogP contribution in [0.3, 0.4) is 0 Å². The molecule has 0 bridgehead atoms. The van der Waals surface area contributed by atoms with Gasteiger partial charge in [-0.25, -0.2) is 12.4 Å². The Labute approximate surface area is 200 Å². The van der Waals surface area contributed by atoms with E-state index < -0.39 is 15.6 Å². The molecule has 1 aliphatic rings. The maximum Gasteiger partial charge on any atom is 0.275 e. The van der Waals surface area contributed by atoms with Crippen LogP contribution in [0.25, 0.3) is 10.9 Å². The molecule has 0 unspecified atom stereocenters. The van der Waals surface area contributed by atoms with E-state index in [9.17, 15) is 18.0 Å². The number of fused-ring (bicyclic) bond motifs is 1. The first-order chi connectivity index (χ1) is 16.1. The molecule has 182 valence electrons. The van der Waals surface area contributed by atoms with Crippen molar-refractivity contribution < 1.29 is 13.2 Å². The zero-order chi connectivity index (χ0) is 24.6. The Morgan fingerprint density at radius 2 is 1.74 bits per heavy atom. The molecule has 8 nitrogen and oxygen atoms in total. The minimum atomic E-state index is -4.00. The van der Waals surface area contributed by atoms with Crippen molar-refractivity contribution in [3.8, 4) is 0 Å². The number of carbonyl (C=O) groups is 1. The summed E-state index contributed by atoms with van der Waals surface area (Å²) < 4.78 is 28.9. The maximum absolute atomic E-state index is 13.4. The molecule has 1 aliphatic heterocycles. The number of carbonyl (C=O) groups excluding carboxylic acids is 1. The molecule has 0 radical (unpaired) electrons. The summed E-state index contributed by atoms with van der Waals surface area (Å²) in [6.45, 7) is 4.64. The lowest BCUT2D eigenvalue weighted by Gasteiger charge is -2.30. The van der Waals surface area contributed by atoms with Gasteiger partial charge >= 0.3 is 0 Å². The van der Waals surface area contributed by atoms with E-state index in [2.05, 4.69) is 11.9 Å². The zero-order valence-corrected chi connectivity index (χ0v) is 21.0. The van der Waals surface area contributed by atoms with E-state index in [0.717, 1.165) is 41.9 Å². The molecule has 0 spiro atoms. The van der Waals surface area contributed by atoms with Crippen LogP contribution >= 0.6 is 0 Å². The highest BCUT2D eigenvalue weighted by atomic mass is 32.2. The second-order valence-corrected chi connectivity index (χ2v) is 11.2. The van der Waals surface area contributed by atoms with Gasteiger partial charge in [0, 0.05) is 38.4 Å². The Bertz CT molecular complexity index is 1360. The van der Waals surface area contributed by atoms with E-state index >= 15 is 0 Å². The fourth-order valence-corrected chi connectivity index (χ4v) is 5.90. The minimum absolute atomic E-state index is 0.0161. The van der Waals surface area contributed by atoms with Gasteiger partial charge in [0.1, 0.15) is 5.52 Å². The largest absolute Gasteiger partial charge is 0.342 e. The first kappa shape index (κ1) is 24.2. The molecule has 0 N–H and O–H groups in total. The molecular formula is C25H32N4O4S. The van der Waals surface area contributed by atoms with Gasteiger partial charge in [0.2, 0.25) is 0 Å². The topological polar surface area (TPSA) is 84.6 Å². The average molecular weight is 485 g/mol. The monoisotopic (exact) mass is 484 g/mol. The third kappa shape index (κ3) is 4.54. The van der Waals surface area contributed by atoms with Gasteiger partial charge in [-0.3, -0.25) is 9.59 Å². The van der Waals surface area contributed by atoms with Gasteiger partial charge in [0.25, 0.3) is 21.5 Å². The standard InChI is InChI=1S/C25H32N4O4S/c1-18-5-7-20(8-6-18)34(32,33)29-16-12-21-22(17-28(4)25(31)23(21)29)24(30)27(3)15-11-19-9-13-26(2)14-10-19/h5-8,12,16-17,19H,9-11,13-15H2,1-4H3. The Morgan fingerprint density at radius 3 is 2.38 bits per heavy atom. The summed E-state index contributed by atoms with van der Waals surface area (Å²) in [5.74, 6) is 0.367. The van der Waals surface area contributed by atoms with Crippen LogP contribution in [-0.4, -0.2) is 66.4 Å². The molecule has 0 atom stereocenters. The zero-order valence-electron chi connectivity index (χ0n) is 20.2. The van der Waals surface area contributed by atoms with E-state index in [1.807, 2.05) is 6.92 Å². The van der Waals surface area contributed by atoms with Crippen molar-refractivity contribution in [1.29, 1.82) is 0 Å². The number of hydrogen-bond acceptors (Lipinski definition) is 5. The smallest absolute Gasteiger partial charge is 0.275 e. The lowest BCUT2D eigenvalue weighted by molar-refractivity contribution is 0.0781. The summed E-state index contributed by atoms with van der Waals surface area (Å²) >= 11 is 0. The molecular weight excluding hydrogens is 452 g/mol. The Kier molecular flexibility index (Phi) is 6.69. The summed E-state index contributed by atoms with van der Waals surface area (Å²) in [5.41, 5.74) is 0.767. The van der Waals surface area contributed by atoms with Crippen LogP contribution in [0.2, 0.25) is 0 Å². The molecule has 9 heteroatoms. The van der Waals surface area contributed by atoms with Crippen LogP contribution in [0.4, 0.5) is 0 Å². The molecule has 0 saturated carbocycles. The highest BCUT2D eigenvalue weighted by Crippen LogP contribution is 2.24. The van der Waals surface area contributed by atoms with Gasteiger partial charge in [0.05, 0.1) is 10.5 Å². The van der Waals surface area contributed by atoms with Crippen molar-refractivity contribution in [2.45, 2.75) is 31.1 Å². The lowest BCUT2D eigenvalue weighted by Crippen LogP contribution is -2.34. The van der Waals surface area contributed by atoms with Gasteiger partial charge in [-0.1, -0.05) is 17.7 Å². The Hall–Kier alpha value is -2.91. The molecule has 1 amide bonds. The number of nitrogens with zero attached hydrogens (tertiary/aromatic N) is 4. The number of rotatable bonds is 6. The molecule has 3 heterocycles. The van der Waals surface area contributed by atoms with E-state index in [1.54, 1.807) is 30.1 Å². The van der Waals surface area contributed by atoms with Gasteiger partial charge in [-0.15, -0.1) is 0 Å². The van der Waals surface area contributed by atoms with E-state index in [-0.39, 0.29) is 16.3 Å². The van der Waals surface area contributed by atoms with Gasteiger partial charge in [0.15, 0.2) is 0 Å². The molecule has 4 rings (SSSR count). The number of piperidine rings is 1. The SMILES string of the molecule is Cc1ccc(S(=O)(=O)n2ccc3c(C(=O)N(C)CCC4CCN(C)CC4)cn(C)c(=O)c32)cc1. The second kappa shape index (κ2) is 9.38. The van der Waals surface area contributed by atoms with E-state index in [1.165, 1.54) is 36.1 Å². The molecule has 1 fully saturated rings. The Balaban J connectivity index is 1.66.